The Balaban J connectivity index is 2.63. The summed E-state index contributed by atoms with van der Waals surface area (Å²) in [6.45, 7) is 6.19. The lowest BCUT2D eigenvalue weighted by Gasteiger charge is -2.29. The van der Waals surface area contributed by atoms with E-state index in [4.69, 9.17) is 5.11 Å². The van der Waals surface area contributed by atoms with Crippen molar-refractivity contribution < 1.29 is 24.9 Å². The minimum absolute atomic E-state index is 0.0482. The van der Waals surface area contributed by atoms with Crippen LogP contribution in [0.15, 0.2) is 24.3 Å². The van der Waals surface area contributed by atoms with Crippen LogP contribution in [0.25, 0.3) is 0 Å². The molecular formula is C22H36O5. The zero-order chi connectivity index (χ0) is 20.4. The van der Waals surface area contributed by atoms with Gasteiger partial charge in [0.15, 0.2) is 0 Å². The van der Waals surface area contributed by atoms with Crippen molar-refractivity contribution >= 4 is 11.8 Å². The first kappa shape index (κ1) is 23.6. The number of aliphatic hydroxyl groups is 2. The summed E-state index contributed by atoms with van der Waals surface area (Å²) in [4.78, 5) is 22.7. The number of Topliss-reactive ketones (excluding diaryl/α,β-unsaturated/α-hetero) is 1. The molecule has 4 atom stereocenters. The van der Waals surface area contributed by atoms with Gasteiger partial charge in [0.1, 0.15) is 5.78 Å². The van der Waals surface area contributed by atoms with Crippen LogP contribution in [0.5, 0.6) is 0 Å². The first-order valence-electron chi connectivity index (χ1n) is 10.1. The van der Waals surface area contributed by atoms with Gasteiger partial charge < -0.3 is 15.3 Å². The van der Waals surface area contributed by atoms with Crippen LogP contribution in [0.3, 0.4) is 0 Å². The van der Waals surface area contributed by atoms with E-state index >= 15 is 0 Å². The van der Waals surface area contributed by atoms with Gasteiger partial charge in [-0.1, -0.05) is 57.9 Å². The lowest BCUT2D eigenvalue weighted by atomic mass is 9.80. The van der Waals surface area contributed by atoms with Crippen molar-refractivity contribution in [2.24, 2.45) is 17.3 Å². The molecule has 0 saturated heterocycles. The summed E-state index contributed by atoms with van der Waals surface area (Å²) in [6.07, 6.45) is 11.2. The molecule has 0 aromatic rings. The Morgan fingerprint density at radius 2 is 2.00 bits per heavy atom. The number of ketones is 1. The third kappa shape index (κ3) is 7.97. The van der Waals surface area contributed by atoms with Crippen molar-refractivity contribution in [2.45, 2.75) is 84.3 Å². The highest BCUT2D eigenvalue weighted by Gasteiger charge is 2.39. The number of rotatable bonds is 12. The largest absolute Gasteiger partial charge is 0.481 e. The number of carbonyl (C=O) groups is 2. The van der Waals surface area contributed by atoms with Crippen LogP contribution >= 0.6 is 0 Å². The Morgan fingerprint density at radius 3 is 2.63 bits per heavy atom. The van der Waals surface area contributed by atoms with Crippen LogP contribution in [0.4, 0.5) is 0 Å². The average molecular weight is 381 g/mol. The predicted octanol–water partition coefficient (Wildman–Crippen LogP) is 3.89. The summed E-state index contributed by atoms with van der Waals surface area (Å²) in [6, 6.07) is 0. The topological polar surface area (TPSA) is 94.8 Å². The maximum Gasteiger partial charge on any atom is 0.303 e. The van der Waals surface area contributed by atoms with Crippen LogP contribution in [0, 0.1) is 17.3 Å². The van der Waals surface area contributed by atoms with Crippen molar-refractivity contribution in [3.8, 4) is 0 Å². The lowest BCUT2D eigenvalue weighted by molar-refractivity contribution is -0.137. The van der Waals surface area contributed by atoms with Crippen molar-refractivity contribution in [3.05, 3.63) is 24.3 Å². The number of aliphatic hydroxyl groups excluding tert-OH is 2. The normalized spacial score (nSPS) is 24.9. The Morgan fingerprint density at radius 1 is 1.30 bits per heavy atom. The molecule has 0 radical (unpaired) electrons. The number of unbranched alkanes of at least 4 members (excludes halogenated alkanes) is 2. The van der Waals surface area contributed by atoms with E-state index in [0.29, 0.717) is 19.3 Å². The number of allylic oxidation sites excluding steroid dienone is 2. The van der Waals surface area contributed by atoms with Crippen LogP contribution in [0.1, 0.15) is 72.1 Å². The van der Waals surface area contributed by atoms with E-state index in [1.807, 2.05) is 32.1 Å². The Hall–Kier alpha value is -1.46. The molecule has 3 N–H and O–H groups in total. The summed E-state index contributed by atoms with van der Waals surface area (Å²) < 4.78 is 0. The molecule has 0 aromatic carbocycles. The van der Waals surface area contributed by atoms with Gasteiger partial charge in [0.25, 0.3) is 0 Å². The predicted molar refractivity (Wildman–Crippen MR) is 106 cm³/mol. The fraction of sp³-hybridized carbons (Fsp3) is 0.727. The molecule has 27 heavy (non-hydrogen) atoms. The van der Waals surface area contributed by atoms with Crippen molar-refractivity contribution in [2.75, 3.05) is 0 Å². The summed E-state index contributed by atoms with van der Waals surface area (Å²) >= 11 is 0. The number of carboxylic acids is 1. The Bertz CT molecular complexity index is 535. The quantitative estimate of drug-likeness (QED) is 0.353. The van der Waals surface area contributed by atoms with Crippen LogP contribution in [-0.2, 0) is 9.59 Å². The SMILES string of the molecule is CCCCC(C)(C)C(O)/C=C/[C@H]1C(O)CC(=O)[C@@H]1C/C=C\CCCC(=O)O. The van der Waals surface area contributed by atoms with E-state index in [9.17, 15) is 19.8 Å². The summed E-state index contributed by atoms with van der Waals surface area (Å²) in [7, 11) is 0. The van der Waals surface area contributed by atoms with E-state index in [0.717, 1.165) is 19.3 Å². The fourth-order valence-electron chi connectivity index (χ4n) is 3.53. The highest BCUT2D eigenvalue weighted by molar-refractivity contribution is 5.84. The molecule has 1 aliphatic rings. The first-order valence-corrected chi connectivity index (χ1v) is 10.1. The molecule has 1 saturated carbocycles. The van der Waals surface area contributed by atoms with Crippen molar-refractivity contribution in [1.29, 1.82) is 0 Å². The van der Waals surface area contributed by atoms with Gasteiger partial charge >= 0.3 is 5.97 Å². The number of aliphatic carboxylic acids is 1. The van der Waals surface area contributed by atoms with Gasteiger partial charge in [-0.25, -0.2) is 0 Å². The highest BCUT2D eigenvalue weighted by atomic mass is 16.4. The molecule has 0 heterocycles. The van der Waals surface area contributed by atoms with Gasteiger partial charge in [-0.05, 0) is 31.1 Å². The van der Waals surface area contributed by atoms with Gasteiger partial charge in [-0.15, -0.1) is 0 Å². The second-order valence-corrected chi connectivity index (χ2v) is 8.34. The standard InChI is InChI=1S/C22H36O5/c1-4-5-14-22(2,3)20(25)13-12-17-16(18(23)15-19(17)24)10-8-6-7-9-11-21(26)27/h6,8,12-13,16-17,19-20,24-25H,4-5,7,9-11,14-15H2,1-3H3,(H,26,27)/b8-6-,13-12+/t16-,17-,19?,20?/m1/s1. The average Bonchev–Trinajstić information content (AvgIpc) is 2.86. The summed E-state index contributed by atoms with van der Waals surface area (Å²) in [5.41, 5.74) is -0.236. The van der Waals surface area contributed by atoms with Gasteiger partial charge in [0, 0.05) is 24.7 Å². The van der Waals surface area contributed by atoms with E-state index in [1.165, 1.54) is 0 Å². The lowest BCUT2D eigenvalue weighted by Crippen LogP contribution is -2.28. The monoisotopic (exact) mass is 380 g/mol. The van der Waals surface area contributed by atoms with E-state index in [1.54, 1.807) is 6.08 Å². The molecule has 0 spiro atoms. The van der Waals surface area contributed by atoms with E-state index in [-0.39, 0.29) is 35.9 Å². The molecule has 1 rings (SSSR count). The van der Waals surface area contributed by atoms with Crippen LogP contribution in [-0.4, -0.2) is 39.3 Å². The maximum atomic E-state index is 12.2. The van der Waals surface area contributed by atoms with Gasteiger partial charge in [0.05, 0.1) is 12.2 Å². The molecule has 1 aliphatic carbocycles. The molecule has 1 fully saturated rings. The molecular weight excluding hydrogens is 344 g/mol. The highest BCUT2D eigenvalue weighted by Crippen LogP contribution is 2.35. The number of hydrogen-bond acceptors (Lipinski definition) is 4. The third-order valence-corrected chi connectivity index (χ3v) is 5.54. The van der Waals surface area contributed by atoms with Crippen molar-refractivity contribution in [1.82, 2.24) is 0 Å². The van der Waals surface area contributed by atoms with Gasteiger partial charge in [-0.3, -0.25) is 9.59 Å². The van der Waals surface area contributed by atoms with Crippen LogP contribution < -0.4 is 0 Å². The second-order valence-electron chi connectivity index (χ2n) is 8.34. The molecule has 0 amide bonds. The molecule has 5 heteroatoms. The minimum Gasteiger partial charge on any atom is -0.481 e. The number of carboxylic acid groups (broad SMARTS) is 1. The fourth-order valence-corrected chi connectivity index (χ4v) is 3.53. The molecule has 2 unspecified atom stereocenters. The summed E-state index contributed by atoms with van der Waals surface area (Å²) in [5.74, 6) is -1.31. The smallest absolute Gasteiger partial charge is 0.303 e. The minimum atomic E-state index is -0.803. The van der Waals surface area contributed by atoms with E-state index in [2.05, 4.69) is 6.92 Å². The molecule has 0 bridgehead atoms. The number of hydrogen-bond donors (Lipinski definition) is 3. The molecule has 0 aliphatic heterocycles. The second kappa shape index (κ2) is 11.4. The Labute approximate surface area is 163 Å². The first-order chi connectivity index (χ1) is 12.7. The van der Waals surface area contributed by atoms with Gasteiger partial charge in [-0.2, -0.15) is 0 Å². The van der Waals surface area contributed by atoms with Crippen LogP contribution in [0.2, 0.25) is 0 Å². The van der Waals surface area contributed by atoms with E-state index < -0.39 is 18.2 Å². The summed E-state index contributed by atoms with van der Waals surface area (Å²) in [5, 5.41) is 29.4. The molecule has 5 nitrogen and oxygen atoms in total. The molecule has 154 valence electrons. The number of carbonyl (C=O) groups excluding carboxylic acids is 1. The molecule has 0 aromatic heterocycles. The van der Waals surface area contributed by atoms with Crippen molar-refractivity contribution in [3.63, 3.8) is 0 Å². The Kier molecular flexibility index (Phi) is 9.95. The van der Waals surface area contributed by atoms with Gasteiger partial charge in [0.2, 0.25) is 0 Å². The zero-order valence-electron chi connectivity index (χ0n) is 16.9. The third-order valence-electron chi connectivity index (χ3n) is 5.54. The zero-order valence-corrected chi connectivity index (χ0v) is 16.9. The maximum absolute atomic E-state index is 12.2.